The van der Waals surface area contributed by atoms with Crippen molar-refractivity contribution in [1.29, 1.82) is 0 Å². The van der Waals surface area contributed by atoms with Crippen LogP contribution in [-0.4, -0.2) is 16.1 Å². The normalized spacial score (nSPS) is 10.5. The van der Waals surface area contributed by atoms with Crippen LogP contribution in [-0.2, 0) is 13.0 Å². The van der Waals surface area contributed by atoms with E-state index in [4.69, 9.17) is 5.73 Å². The van der Waals surface area contributed by atoms with Crippen molar-refractivity contribution in [3.05, 3.63) is 54.1 Å². The molecule has 0 spiro atoms. The molecule has 0 radical (unpaired) electrons. The van der Waals surface area contributed by atoms with Crippen LogP contribution in [0, 0.1) is 0 Å². The van der Waals surface area contributed by atoms with E-state index in [0.717, 1.165) is 18.8 Å². The number of hydrogen-bond donors (Lipinski definition) is 1. The minimum absolute atomic E-state index is 0.651. The third kappa shape index (κ3) is 2.44. The lowest BCUT2D eigenvalue weighted by atomic mass is 10.1. The fourth-order valence-corrected chi connectivity index (χ4v) is 1.63. The van der Waals surface area contributed by atoms with Gasteiger partial charge in [-0.15, -0.1) is 0 Å². The number of rotatable bonds is 4. The quantitative estimate of drug-likeness (QED) is 0.813. The molecule has 78 valence electrons. The van der Waals surface area contributed by atoms with Crippen molar-refractivity contribution in [2.45, 2.75) is 13.0 Å². The van der Waals surface area contributed by atoms with Gasteiger partial charge in [0.1, 0.15) is 5.82 Å². The van der Waals surface area contributed by atoms with Crippen molar-refractivity contribution in [1.82, 2.24) is 9.55 Å². The summed E-state index contributed by atoms with van der Waals surface area (Å²) in [4.78, 5) is 4.34. The Hall–Kier alpha value is -1.61. The maximum absolute atomic E-state index is 5.53. The summed E-state index contributed by atoms with van der Waals surface area (Å²) in [7, 11) is 0. The van der Waals surface area contributed by atoms with Gasteiger partial charge in [0, 0.05) is 31.9 Å². The summed E-state index contributed by atoms with van der Waals surface area (Å²) >= 11 is 0. The van der Waals surface area contributed by atoms with Crippen molar-refractivity contribution in [3.8, 4) is 0 Å². The SMILES string of the molecule is NCCn1ccnc1Cc1ccccc1. The minimum atomic E-state index is 0.651. The van der Waals surface area contributed by atoms with Gasteiger partial charge in [0.15, 0.2) is 0 Å². The highest BCUT2D eigenvalue weighted by Crippen LogP contribution is 2.07. The Morgan fingerprint density at radius 1 is 1.20 bits per heavy atom. The van der Waals surface area contributed by atoms with Crippen LogP contribution < -0.4 is 5.73 Å². The molecule has 1 aromatic carbocycles. The zero-order chi connectivity index (χ0) is 10.5. The van der Waals surface area contributed by atoms with E-state index in [1.165, 1.54) is 5.56 Å². The second-order valence-corrected chi connectivity index (χ2v) is 3.49. The predicted molar refractivity (Wildman–Crippen MR) is 60.5 cm³/mol. The summed E-state index contributed by atoms with van der Waals surface area (Å²) in [5.74, 6) is 1.08. The summed E-state index contributed by atoms with van der Waals surface area (Å²) in [5, 5.41) is 0. The Morgan fingerprint density at radius 3 is 2.73 bits per heavy atom. The minimum Gasteiger partial charge on any atom is -0.333 e. The molecule has 3 heteroatoms. The molecule has 3 nitrogen and oxygen atoms in total. The Morgan fingerprint density at radius 2 is 2.00 bits per heavy atom. The van der Waals surface area contributed by atoms with Crippen LogP contribution >= 0.6 is 0 Å². The second kappa shape index (κ2) is 4.75. The zero-order valence-corrected chi connectivity index (χ0v) is 8.63. The lowest BCUT2D eigenvalue weighted by Crippen LogP contribution is -2.12. The fourth-order valence-electron chi connectivity index (χ4n) is 1.63. The maximum Gasteiger partial charge on any atom is 0.113 e. The molecule has 0 atom stereocenters. The lowest BCUT2D eigenvalue weighted by Gasteiger charge is -2.05. The van der Waals surface area contributed by atoms with Gasteiger partial charge in [-0.3, -0.25) is 0 Å². The smallest absolute Gasteiger partial charge is 0.113 e. The molecule has 2 rings (SSSR count). The Kier molecular flexibility index (Phi) is 3.15. The van der Waals surface area contributed by atoms with Crippen LogP contribution in [0.25, 0.3) is 0 Å². The average molecular weight is 201 g/mol. The first-order valence-corrected chi connectivity index (χ1v) is 5.14. The first-order chi connectivity index (χ1) is 7.40. The number of imidazole rings is 1. The first kappa shape index (κ1) is 9.93. The summed E-state index contributed by atoms with van der Waals surface area (Å²) in [6, 6.07) is 10.3. The third-order valence-electron chi connectivity index (χ3n) is 2.38. The van der Waals surface area contributed by atoms with Crippen molar-refractivity contribution < 1.29 is 0 Å². The van der Waals surface area contributed by atoms with E-state index in [1.54, 1.807) is 0 Å². The summed E-state index contributed by atoms with van der Waals surface area (Å²) in [6.07, 6.45) is 4.67. The van der Waals surface area contributed by atoms with Crippen molar-refractivity contribution in [3.63, 3.8) is 0 Å². The predicted octanol–water partition coefficient (Wildman–Crippen LogP) is 1.43. The molecule has 0 aliphatic rings. The number of benzene rings is 1. The standard InChI is InChI=1S/C12H15N3/c13-6-8-15-9-7-14-12(15)10-11-4-2-1-3-5-11/h1-5,7,9H,6,8,10,13H2. The molecule has 0 aliphatic heterocycles. The number of aromatic nitrogens is 2. The molecule has 0 aliphatic carbocycles. The summed E-state index contributed by atoms with van der Waals surface area (Å²) in [6.45, 7) is 1.49. The number of hydrogen-bond acceptors (Lipinski definition) is 2. The van der Waals surface area contributed by atoms with Gasteiger partial charge in [0.05, 0.1) is 0 Å². The van der Waals surface area contributed by atoms with Gasteiger partial charge in [0.25, 0.3) is 0 Å². The van der Waals surface area contributed by atoms with Crippen LogP contribution in [0.5, 0.6) is 0 Å². The number of nitrogens with zero attached hydrogens (tertiary/aromatic N) is 2. The molecular weight excluding hydrogens is 186 g/mol. The van der Waals surface area contributed by atoms with E-state index in [0.29, 0.717) is 6.54 Å². The Balaban J connectivity index is 2.14. The van der Waals surface area contributed by atoms with Gasteiger partial charge < -0.3 is 10.3 Å². The van der Waals surface area contributed by atoms with Crippen LogP contribution in [0.1, 0.15) is 11.4 Å². The van der Waals surface area contributed by atoms with E-state index in [1.807, 2.05) is 30.6 Å². The van der Waals surface area contributed by atoms with E-state index in [-0.39, 0.29) is 0 Å². The van der Waals surface area contributed by atoms with E-state index >= 15 is 0 Å². The summed E-state index contributed by atoms with van der Waals surface area (Å²) in [5.41, 5.74) is 6.81. The molecule has 0 saturated carbocycles. The lowest BCUT2D eigenvalue weighted by molar-refractivity contribution is 0.671. The molecule has 1 heterocycles. The van der Waals surface area contributed by atoms with Gasteiger partial charge in [0.2, 0.25) is 0 Å². The Bertz CT molecular complexity index is 406. The second-order valence-electron chi connectivity index (χ2n) is 3.49. The summed E-state index contributed by atoms with van der Waals surface area (Å²) < 4.78 is 2.10. The third-order valence-corrected chi connectivity index (χ3v) is 2.38. The van der Waals surface area contributed by atoms with Crippen LogP contribution in [0.3, 0.4) is 0 Å². The molecule has 1 aromatic heterocycles. The highest BCUT2D eigenvalue weighted by Gasteiger charge is 2.02. The van der Waals surface area contributed by atoms with Crippen molar-refractivity contribution in [2.24, 2.45) is 5.73 Å². The molecule has 15 heavy (non-hydrogen) atoms. The topological polar surface area (TPSA) is 43.8 Å². The van der Waals surface area contributed by atoms with Crippen molar-refractivity contribution in [2.75, 3.05) is 6.54 Å². The first-order valence-electron chi connectivity index (χ1n) is 5.14. The van der Waals surface area contributed by atoms with Gasteiger partial charge in [-0.1, -0.05) is 30.3 Å². The molecule has 2 aromatic rings. The fraction of sp³-hybridized carbons (Fsp3) is 0.250. The van der Waals surface area contributed by atoms with Gasteiger partial charge in [-0.05, 0) is 5.56 Å². The zero-order valence-electron chi connectivity index (χ0n) is 8.63. The molecule has 0 amide bonds. The monoisotopic (exact) mass is 201 g/mol. The molecule has 0 unspecified atom stereocenters. The van der Waals surface area contributed by atoms with Gasteiger partial charge in [-0.2, -0.15) is 0 Å². The average Bonchev–Trinajstić information content (AvgIpc) is 2.68. The van der Waals surface area contributed by atoms with Crippen LogP contribution in [0.2, 0.25) is 0 Å². The molecule has 0 bridgehead atoms. The number of nitrogens with two attached hydrogens (primary N) is 1. The Labute approximate surface area is 89.6 Å². The maximum atomic E-state index is 5.53. The molecular formula is C12H15N3. The highest BCUT2D eigenvalue weighted by atomic mass is 15.1. The largest absolute Gasteiger partial charge is 0.333 e. The van der Waals surface area contributed by atoms with Gasteiger partial charge >= 0.3 is 0 Å². The van der Waals surface area contributed by atoms with E-state index in [9.17, 15) is 0 Å². The van der Waals surface area contributed by atoms with Crippen LogP contribution in [0.15, 0.2) is 42.7 Å². The van der Waals surface area contributed by atoms with E-state index < -0.39 is 0 Å². The van der Waals surface area contributed by atoms with Crippen molar-refractivity contribution >= 4 is 0 Å². The molecule has 0 saturated heterocycles. The van der Waals surface area contributed by atoms with E-state index in [2.05, 4.69) is 21.7 Å². The molecule has 2 N–H and O–H groups in total. The highest BCUT2D eigenvalue weighted by molar-refractivity contribution is 5.19. The van der Waals surface area contributed by atoms with Crippen LogP contribution in [0.4, 0.5) is 0 Å². The molecule has 0 fully saturated rings. The van der Waals surface area contributed by atoms with Gasteiger partial charge in [-0.25, -0.2) is 4.98 Å².